The van der Waals surface area contributed by atoms with E-state index in [9.17, 15) is 45.1 Å². The van der Waals surface area contributed by atoms with Crippen LogP contribution < -0.4 is 16.6 Å². The van der Waals surface area contributed by atoms with E-state index in [1.165, 1.54) is 24.0 Å². The fourth-order valence-electron chi connectivity index (χ4n) is 3.53. The van der Waals surface area contributed by atoms with Gasteiger partial charge in [-0.25, -0.2) is 18.6 Å². The number of alkyl halides is 5. The van der Waals surface area contributed by atoms with E-state index in [0.29, 0.717) is 27.8 Å². The van der Waals surface area contributed by atoms with Crippen molar-refractivity contribution in [3.63, 3.8) is 0 Å². The molecule has 3 aromatic heterocycles. The van der Waals surface area contributed by atoms with Gasteiger partial charge in [0.05, 0.1) is 17.5 Å². The number of thiophene rings is 1. The highest BCUT2D eigenvalue weighted by molar-refractivity contribution is 7.17. The highest BCUT2D eigenvalue weighted by atomic mass is 32.1. The molecule has 1 aromatic carbocycles. The Hall–Kier alpha value is -3.53. The summed E-state index contributed by atoms with van der Waals surface area (Å²) in [6.45, 7) is 0. The molecule has 0 bridgehead atoms. The number of halogens is 7. The number of thiazole rings is 1. The van der Waals surface area contributed by atoms with Crippen molar-refractivity contribution >= 4 is 43.9 Å². The fraction of sp³-hybridized carbons (Fsp3) is 0.238. The average molecular weight is 566 g/mol. The number of aryl methyl sites for hydroxylation is 1. The number of anilines is 1. The molecule has 0 aliphatic rings. The number of nitrogens with zero attached hydrogens (tertiary/aromatic N) is 3. The normalized spacial score (nSPS) is 12.4. The third-order valence-electron chi connectivity index (χ3n) is 5.38. The van der Waals surface area contributed by atoms with E-state index in [0.717, 1.165) is 21.3 Å². The maximum Gasteiger partial charge on any atom is 0.458 e. The minimum absolute atomic E-state index is 0.160. The van der Waals surface area contributed by atoms with Crippen LogP contribution in [0, 0.1) is 11.6 Å². The van der Waals surface area contributed by atoms with Crippen molar-refractivity contribution in [3.05, 3.63) is 66.5 Å². The van der Waals surface area contributed by atoms with Gasteiger partial charge in [-0.1, -0.05) is 0 Å². The van der Waals surface area contributed by atoms with Gasteiger partial charge in [-0.2, -0.15) is 22.0 Å². The van der Waals surface area contributed by atoms with E-state index in [1.807, 2.05) is 0 Å². The molecule has 0 spiro atoms. The van der Waals surface area contributed by atoms with Crippen LogP contribution in [-0.2, 0) is 31.2 Å². The lowest BCUT2D eigenvalue weighted by Gasteiger charge is -2.21. The number of rotatable bonds is 5. The van der Waals surface area contributed by atoms with Gasteiger partial charge < -0.3 is 5.32 Å². The van der Waals surface area contributed by atoms with Gasteiger partial charge in [-0.15, -0.1) is 22.7 Å². The SMILES string of the molecule is Cn1c(=O)c2c(CC(=O)Nc3nc(-c4ccc(F)c(C(F)(F)C(F)(F)F)c4F)cs3)csc2n(C)c1=O. The van der Waals surface area contributed by atoms with Gasteiger partial charge in [0, 0.05) is 25.0 Å². The molecule has 1 N–H and O–H groups in total. The molecule has 3 heterocycles. The van der Waals surface area contributed by atoms with Crippen LogP contribution in [0.3, 0.4) is 0 Å². The maximum absolute atomic E-state index is 14.7. The van der Waals surface area contributed by atoms with Gasteiger partial charge in [0.25, 0.3) is 5.56 Å². The van der Waals surface area contributed by atoms with Gasteiger partial charge >= 0.3 is 17.8 Å². The van der Waals surface area contributed by atoms with Crippen molar-refractivity contribution in [1.29, 1.82) is 0 Å². The first-order valence-corrected chi connectivity index (χ1v) is 11.8. The first kappa shape index (κ1) is 26.5. The lowest BCUT2D eigenvalue weighted by molar-refractivity contribution is -0.291. The summed E-state index contributed by atoms with van der Waals surface area (Å²) in [5.41, 5.74) is -4.54. The lowest BCUT2D eigenvalue weighted by atomic mass is 10.0. The molecule has 0 aliphatic carbocycles. The number of hydrogen-bond acceptors (Lipinski definition) is 6. The molecule has 0 fully saturated rings. The van der Waals surface area contributed by atoms with E-state index in [4.69, 9.17) is 0 Å². The predicted octanol–water partition coefficient (Wildman–Crippen LogP) is 4.54. The molecule has 0 aliphatic heterocycles. The van der Waals surface area contributed by atoms with Crippen LogP contribution in [-0.4, -0.2) is 26.2 Å². The summed E-state index contributed by atoms with van der Waals surface area (Å²) in [5, 5.41) is 4.97. The van der Waals surface area contributed by atoms with Gasteiger partial charge in [-0.3, -0.25) is 18.7 Å². The number of fused-ring (bicyclic) bond motifs is 1. The Balaban J connectivity index is 1.61. The molecular formula is C21H13F7N4O3S2. The second kappa shape index (κ2) is 9.09. The zero-order valence-corrected chi connectivity index (χ0v) is 20.2. The summed E-state index contributed by atoms with van der Waals surface area (Å²) in [5.74, 6) is -10.7. The standard InChI is InChI=1S/C21H13F7N4O3S2/c1-31-16(34)13-8(6-36-17(13)32(2)19(31)35)5-12(33)30-18-29-11(7-37-18)9-3-4-10(22)14(15(9)23)20(24,25)21(26,27)28/h3-4,6-7H,5H2,1-2H3,(H,29,30,33). The van der Waals surface area contributed by atoms with Crippen molar-refractivity contribution in [2.45, 2.75) is 18.5 Å². The molecular weight excluding hydrogens is 553 g/mol. The monoisotopic (exact) mass is 566 g/mol. The Labute approximate surface area is 209 Å². The Morgan fingerprint density at radius 1 is 1.03 bits per heavy atom. The molecule has 0 radical (unpaired) electrons. The average Bonchev–Trinajstić information content (AvgIpc) is 3.42. The molecule has 1 amide bonds. The summed E-state index contributed by atoms with van der Waals surface area (Å²) in [7, 11) is 2.75. The van der Waals surface area contributed by atoms with E-state index in [-0.39, 0.29) is 23.0 Å². The number of benzene rings is 1. The van der Waals surface area contributed by atoms with Crippen LogP contribution in [0.25, 0.3) is 21.5 Å². The number of nitrogens with one attached hydrogen (secondary N) is 1. The van der Waals surface area contributed by atoms with Crippen molar-refractivity contribution in [2.75, 3.05) is 5.32 Å². The van der Waals surface area contributed by atoms with Crippen molar-refractivity contribution in [1.82, 2.24) is 14.1 Å². The quantitative estimate of drug-likeness (QED) is 0.360. The smallest absolute Gasteiger partial charge is 0.302 e. The first-order valence-electron chi connectivity index (χ1n) is 10.00. The molecule has 7 nitrogen and oxygen atoms in total. The number of hydrogen-bond donors (Lipinski definition) is 1. The van der Waals surface area contributed by atoms with Crippen LogP contribution in [0.4, 0.5) is 35.9 Å². The minimum Gasteiger partial charge on any atom is -0.302 e. The summed E-state index contributed by atoms with van der Waals surface area (Å²) >= 11 is 1.79. The molecule has 196 valence electrons. The van der Waals surface area contributed by atoms with Crippen LogP contribution in [0.15, 0.2) is 32.5 Å². The Morgan fingerprint density at radius 3 is 2.35 bits per heavy atom. The topological polar surface area (TPSA) is 86.0 Å². The van der Waals surface area contributed by atoms with Gasteiger partial charge in [-0.05, 0) is 23.1 Å². The second-order valence-corrected chi connectivity index (χ2v) is 9.48. The van der Waals surface area contributed by atoms with Crippen LogP contribution >= 0.6 is 22.7 Å². The van der Waals surface area contributed by atoms with Crippen molar-refractivity contribution in [3.8, 4) is 11.3 Å². The minimum atomic E-state index is -6.24. The second-order valence-electron chi connectivity index (χ2n) is 7.77. The van der Waals surface area contributed by atoms with Crippen LogP contribution in [0.5, 0.6) is 0 Å². The maximum atomic E-state index is 14.7. The van der Waals surface area contributed by atoms with Gasteiger partial charge in [0.1, 0.15) is 22.0 Å². The van der Waals surface area contributed by atoms with E-state index >= 15 is 0 Å². The highest BCUT2D eigenvalue weighted by Gasteiger charge is 2.61. The fourth-order valence-corrected chi connectivity index (χ4v) is 5.28. The van der Waals surface area contributed by atoms with Crippen LogP contribution in [0.2, 0.25) is 0 Å². The highest BCUT2D eigenvalue weighted by Crippen LogP contribution is 2.47. The number of carbonyl (C=O) groups is 1. The molecule has 0 saturated carbocycles. The largest absolute Gasteiger partial charge is 0.458 e. The van der Waals surface area contributed by atoms with Crippen molar-refractivity contribution < 1.29 is 35.5 Å². The third kappa shape index (κ3) is 4.43. The molecule has 0 saturated heterocycles. The van der Waals surface area contributed by atoms with E-state index in [1.54, 1.807) is 0 Å². The molecule has 37 heavy (non-hydrogen) atoms. The molecule has 0 atom stereocenters. The Kier molecular flexibility index (Phi) is 6.52. The number of amides is 1. The summed E-state index contributed by atoms with van der Waals surface area (Å²) in [4.78, 5) is 41.3. The Bertz CT molecular complexity index is 1670. The molecule has 4 rings (SSSR count). The zero-order valence-electron chi connectivity index (χ0n) is 18.5. The molecule has 16 heteroatoms. The lowest BCUT2D eigenvalue weighted by Crippen LogP contribution is -2.36. The van der Waals surface area contributed by atoms with E-state index in [2.05, 4.69) is 10.3 Å². The zero-order chi connectivity index (χ0) is 27.4. The first-order chi connectivity index (χ1) is 17.1. The Morgan fingerprint density at radius 2 is 1.70 bits per heavy atom. The molecule has 0 unspecified atom stereocenters. The van der Waals surface area contributed by atoms with Crippen LogP contribution in [0.1, 0.15) is 11.1 Å². The van der Waals surface area contributed by atoms with Gasteiger partial charge in [0.2, 0.25) is 5.91 Å². The summed E-state index contributed by atoms with van der Waals surface area (Å²) in [6.07, 6.45) is -6.57. The predicted molar refractivity (Wildman–Crippen MR) is 122 cm³/mol. The third-order valence-corrected chi connectivity index (χ3v) is 7.24. The van der Waals surface area contributed by atoms with E-state index < -0.39 is 57.7 Å². The summed E-state index contributed by atoms with van der Waals surface area (Å²) < 4.78 is 96.2. The summed E-state index contributed by atoms with van der Waals surface area (Å²) in [6, 6.07) is 0.916. The molecule has 4 aromatic rings. The van der Waals surface area contributed by atoms with Gasteiger partial charge in [0.15, 0.2) is 5.13 Å². The number of carbonyl (C=O) groups excluding carboxylic acids is 1. The number of aromatic nitrogens is 3. The van der Waals surface area contributed by atoms with Crippen molar-refractivity contribution in [2.24, 2.45) is 14.1 Å².